The maximum Gasteiger partial charge on any atom is 0.194 e. The van der Waals surface area contributed by atoms with Crippen LogP contribution in [0.3, 0.4) is 0 Å². The van der Waals surface area contributed by atoms with Gasteiger partial charge >= 0.3 is 0 Å². The molecule has 2 unspecified atom stereocenters. The zero-order valence-electron chi connectivity index (χ0n) is 19.3. The molecule has 0 radical (unpaired) electrons. The van der Waals surface area contributed by atoms with E-state index in [4.69, 9.17) is 0 Å². The van der Waals surface area contributed by atoms with Crippen molar-refractivity contribution < 1.29 is 0 Å². The van der Waals surface area contributed by atoms with Gasteiger partial charge in [0.25, 0.3) is 0 Å². The fraction of sp³-hybridized carbons (Fsp3) is 0.423. The van der Waals surface area contributed by atoms with E-state index in [-0.39, 0.29) is 0 Å². The fourth-order valence-corrected chi connectivity index (χ4v) is 5.39. The maximum absolute atomic E-state index is 4.60. The molecule has 3 heterocycles. The van der Waals surface area contributed by atoms with Crippen LogP contribution < -0.4 is 5.32 Å². The molecule has 0 aliphatic carbocycles. The number of hydrogen-bond acceptors (Lipinski definition) is 4. The lowest BCUT2D eigenvalue weighted by molar-refractivity contribution is 0.0372. The molecular weight excluding hydrogens is 410 g/mol. The average molecular weight is 444 g/mol. The van der Waals surface area contributed by atoms with Crippen molar-refractivity contribution in [2.45, 2.75) is 38.4 Å². The molecular formula is C26H33N7. The van der Waals surface area contributed by atoms with Gasteiger partial charge in [-0.15, -0.1) is 10.2 Å². The average Bonchev–Trinajstić information content (AvgIpc) is 3.34. The van der Waals surface area contributed by atoms with Crippen LogP contribution in [0.1, 0.15) is 30.7 Å². The Morgan fingerprint density at radius 1 is 1.03 bits per heavy atom. The van der Waals surface area contributed by atoms with Crippen molar-refractivity contribution in [1.29, 1.82) is 0 Å². The molecule has 0 spiro atoms. The Morgan fingerprint density at radius 3 is 2.61 bits per heavy atom. The molecule has 0 saturated carbocycles. The highest BCUT2D eigenvalue weighted by atomic mass is 15.3. The van der Waals surface area contributed by atoms with Crippen LogP contribution in [0.25, 0.3) is 5.69 Å². The summed E-state index contributed by atoms with van der Waals surface area (Å²) >= 11 is 0. The molecule has 5 rings (SSSR count). The van der Waals surface area contributed by atoms with E-state index in [1.807, 2.05) is 29.8 Å². The van der Waals surface area contributed by atoms with E-state index < -0.39 is 0 Å². The van der Waals surface area contributed by atoms with E-state index in [9.17, 15) is 0 Å². The first kappa shape index (κ1) is 21.6. The van der Waals surface area contributed by atoms with Crippen LogP contribution >= 0.6 is 0 Å². The van der Waals surface area contributed by atoms with Gasteiger partial charge in [-0.05, 0) is 49.4 Å². The van der Waals surface area contributed by atoms with Crippen LogP contribution in [0.15, 0.2) is 72.0 Å². The van der Waals surface area contributed by atoms with Gasteiger partial charge in [-0.1, -0.05) is 48.5 Å². The number of aliphatic imine (C=N–C) groups is 1. The van der Waals surface area contributed by atoms with E-state index in [1.54, 1.807) is 6.33 Å². The molecule has 3 aromatic rings. The summed E-state index contributed by atoms with van der Waals surface area (Å²) in [5, 5.41) is 12.0. The Labute approximate surface area is 196 Å². The minimum absolute atomic E-state index is 0.590. The molecule has 0 bridgehead atoms. The Bertz CT molecular complexity index is 1050. The highest BCUT2D eigenvalue weighted by Crippen LogP contribution is 2.31. The van der Waals surface area contributed by atoms with Crippen LogP contribution in [-0.2, 0) is 13.1 Å². The molecule has 0 amide bonds. The van der Waals surface area contributed by atoms with Crippen LogP contribution in [0.4, 0.5) is 0 Å². The van der Waals surface area contributed by atoms with Gasteiger partial charge in [0, 0.05) is 38.4 Å². The third-order valence-corrected chi connectivity index (χ3v) is 6.98. The number of likely N-dealkylation sites (tertiary alicyclic amines) is 2. The number of guanidine groups is 1. The summed E-state index contributed by atoms with van der Waals surface area (Å²) in [7, 11) is 1.87. The normalized spacial score (nSPS) is 21.6. The van der Waals surface area contributed by atoms with Gasteiger partial charge in [-0.25, -0.2) is 0 Å². The number of benzene rings is 2. The summed E-state index contributed by atoms with van der Waals surface area (Å²) < 4.78 is 2.02. The van der Waals surface area contributed by atoms with Crippen molar-refractivity contribution >= 4 is 5.96 Å². The van der Waals surface area contributed by atoms with Crippen molar-refractivity contribution in [1.82, 2.24) is 29.9 Å². The molecule has 1 N–H and O–H groups in total. The molecule has 7 nitrogen and oxygen atoms in total. The second kappa shape index (κ2) is 10.2. The zero-order valence-corrected chi connectivity index (χ0v) is 19.3. The molecule has 33 heavy (non-hydrogen) atoms. The molecule has 7 heteroatoms. The van der Waals surface area contributed by atoms with E-state index in [1.165, 1.54) is 31.4 Å². The van der Waals surface area contributed by atoms with Crippen LogP contribution in [0.5, 0.6) is 0 Å². The standard InChI is InChI=1S/C26H33N7/c1-27-26(28-17-25-30-29-20-33(25)23-12-6-3-7-13-23)32-16-14-24-22(19-32)11-8-15-31(24)18-21-9-4-2-5-10-21/h2-7,9-10,12-13,20,22,24H,8,11,14-19H2,1H3,(H,27,28). The number of rotatable bonds is 5. The SMILES string of the molecule is CN=C(NCc1nncn1-c1ccccc1)N1CCC2C(CCCN2Cc2ccccc2)C1. The summed E-state index contributed by atoms with van der Waals surface area (Å²) in [6.45, 7) is 4.94. The Kier molecular flexibility index (Phi) is 6.67. The number of para-hydroxylation sites is 1. The second-order valence-corrected chi connectivity index (χ2v) is 9.01. The zero-order chi connectivity index (χ0) is 22.5. The largest absolute Gasteiger partial charge is 0.349 e. The summed E-state index contributed by atoms with van der Waals surface area (Å²) in [5.41, 5.74) is 2.48. The summed E-state index contributed by atoms with van der Waals surface area (Å²) in [5.74, 6) is 2.52. The lowest BCUT2D eigenvalue weighted by Gasteiger charge is -2.48. The minimum Gasteiger partial charge on any atom is -0.349 e. The fourth-order valence-electron chi connectivity index (χ4n) is 5.39. The quantitative estimate of drug-likeness (QED) is 0.484. The number of nitrogens with zero attached hydrogens (tertiary/aromatic N) is 6. The number of hydrogen-bond donors (Lipinski definition) is 1. The maximum atomic E-state index is 4.60. The van der Waals surface area contributed by atoms with E-state index in [0.717, 1.165) is 37.1 Å². The predicted molar refractivity (Wildman–Crippen MR) is 131 cm³/mol. The molecule has 2 aliphatic heterocycles. The first-order chi connectivity index (χ1) is 16.3. The highest BCUT2D eigenvalue weighted by molar-refractivity contribution is 5.80. The Morgan fingerprint density at radius 2 is 1.82 bits per heavy atom. The van der Waals surface area contributed by atoms with Crippen molar-refractivity contribution in [3.05, 3.63) is 78.4 Å². The monoisotopic (exact) mass is 443 g/mol. The van der Waals surface area contributed by atoms with E-state index in [2.05, 4.69) is 72.8 Å². The van der Waals surface area contributed by atoms with Crippen LogP contribution in [-0.4, -0.2) is 63.2 Å². The lowest BCUT2D eigenvalue weighted by atomic mass is 9.83. The van der Waals surface area contributed by atoms with E-state index >= 15 is 0 Å². The number of nitrogens with one attached hydrogen (secondary N) is 1. The first-order valence-corrected chi connectivity index (χ1v) is 12.0. The minimum atomic E-state index is 0.590. The third kappa shape index (κ3) is 4.93. The van der Waals surface area contributed by atoms with Gasteiger partial charge in [0.1, 0.15) is 6.33 Å². The molecule has 2 aliphatic rings. The Hall–Kier alpha value is -3.19. The van der Waals surface area contributed by atoms with Crippen molar-refractivity contribution in [2.24, 2.45) is 10.9 Å². The van der Waals surface area contributed by atoms with Gasteiger partial charge in [0.2, 0.25) is 0 Å². The predicted octanol–water partition coefficient (Wildman–Crippen LogP) is 3.33. The lowest BCUT2D eigenvalue weighted by Crippen LogP contribution is -2.56. The molecule has 2 atom stereocenters. The second-order valence-electron chi connectivity index (χ2n) is 9.01. The van der Waals surface area contributed by atoms with Gasteiger partial charge in [0.05, 0.1) is 6.54 Å². The van der Waals surface area contributed by atoms with Gasteiger partial charge in [-0.3, -0.25) is 14.5 Å². The summed E-state index contributed by atoms with van der Waals surface area (Å²) in [6, 6.07) is 21.8. The molecule has 2 saturated heterocycles. The van der Waals surface area contributed by atoms with Gasteiger partial charge in [0.15, 0.2) is 11.8 Å². The highest BCUT2D eigenvalue weighted by Gasteiger charge is 2.36. The smallest absolute Gasteiger partial charge is 0.194 e. The number of fused-ring (bicyclic) bond motifs is 1. The topological polar surface area (TPSA) is 61.6 Å². The summed E-state index contributed by atoms with van der Waals surface area (Å²) in [6.07, 6.45) is 5.52. The van der Waals surface area contributed by atoms with Crippen LogP contribution in [0.2, 0.25) is 0 Å². The van der Waals surface area contributed by atoms with E-state index in [0.29, 0.717) is 18.5 Å². The number of aromatic nitrogens is 3. The van der Waals surface area contributed by atoms with Crippen molar-refractivity contribution in [3.8, 4) is 5.69 Å². The third-order valence-electron chi connectivity index (χ3n) is 6.98. The molecule has 2 fully saturated rings. The van der Waals surface area contributed by atoms with Gasteiger partial charge < -0.3 is 10.2 Å². The number of piperidine rings is 2. The molecule has 172 valence electrons. The first-order valence-electron chi connectivity index (χ1n) is 12.0. The molecule has 1 aromatic heterocycles. The molecule has 2 aromatic carbocycles. The van der Waals surface area contributed by atoms with Gasteiger partial charge in [-0.2, -0.15) is 0 Å². The Balaban J connectivity index is 1.21. The van der Waals surface area contributed by atoms with Crippen molar-refractivity contribution in [2.75, 3.05) is 26.7 Å². The van der Waals surface area contributed by atoms with Crippen LogP contribution in [0, 0.1) is 5.92 Å². The summed E-state index contributed by atoms with van der Waals surface area (Å²) in [4.78, 5) is 9.73. The van der Waals surface area contributed by atoms with Crippen molar-refractivity contribution in [3.63, 3.8) is 0 Å².